The van der Waals surface area contributed by atoms with Gasteiger partial charge in [-0.1, -0.05) is 28.1 Å². The highest BCUT2D eigenvalue weighted by Crippen LogP contribution is 2.44. The molecule has 0 fully saturated rings. The number of ether oxygens (including phenoxy) is 1. The van der Waals surface area contributed by atoms with E-state index in [0.717, 1.165) is 39.9 Å². The highest BCUT2D eigenvalue weighted by molar-refractivity contribution is 9.10. The zero-order chi connectivity index (χ0) is 17.6. The standard InChI is InChI=1S/C20H19BrN2O2/c1-12(24)23-20(13-3-6-15(21)7-4-13)18-9-5-14-11-16(25-2)8-10-17(14)19(18)22-23/h3-4,6-8,10-11,18,20H,5,9H2,1-2H3/t18-,20+/m1/s1. The van der Waals surface area contributed by atoms with Crippen LogP contribution in [0.2, 0.25) is 0 Å². The molecule has 1 aliphatic heterocycles. The molecule has 4 nitrogen and oxygen atoms in total. The van der Waals surface area contributed by atoms with E-state index >= 15 is 0 Å². The molecule has 2 aliphatic rings. The summed E-state index contributed by atoms with van der Waals surface area (Å²) in [5.41, 5.74) is 4.53. The van der Waals surface area contributed by atoms with Crippen molar-refractivity contribution in [3.8, 4) is 5.75 Å². The molecular weight excluding hydrogens is 380 g/mol. The maximum atomic E-state index is 12.2. The summed E-state index contributed by atoms with van der Waals surface area (Å²) in [6, 6.07) is 14.3. The number of aryl methyl sites for hydroxylation is 1. The number of hydrogen-bond acceptors (Lipinski definition) is 3. The average molecular weight is 399 g/mol. The molecule has 4 rings (SSSR count). The second-order valence-corrected chi connectivity index (χ2v) is 7.43. The Hall–Kier alpha value is -2.14. The van der Waals surface area contributed by atoms with Crippen molar-refractivity contribution in [2.24, 2.45) is 11.0 Å². The Morgan fingerprint density at radius 2 is 2.00 bits per heavy atom. The van der Waals surface area contributed by atoms with Crippen molar-refractivity contribution >= 4 is 27.5 Å². The van der Waals surface area contributed by atoms with E-state index < -0.39 is 0 Å². The maximum absolute atomic E-state index is 12.2. The van der Waals surface area contributed by atoms with Gasteiger partial charge in [-0.3, -0.25) is 4.79 Å². The monoisotopic (exact) mass is 398 g/mol. The molecule has 0 unspecified atom stereocenters. The molecule has 1 amide bonds. The minimum absolute atomic E-state index is 0.0233. The Labute approximate surface area is 155 Å². The number of hydrazone groups is 1. The van der Waals surface area contributed by atoms with Crippen LogP contribution < -0.4 is 4.74 Å². The van der Waals surface area contributed by atoms with E-state index in [4.69, 9.17) is 9.84 Å². The first-order chi connectivity index (χ1) is 12.1. The first-order valence-electron chi connectivity index (χ1n) is 8.39. The first kappa shape index (κ1) is 16.3. The summed E-state index contributed by atoms with van der Waals surface area (Å²) in [6.07, 6.45) is 1.94. The van der Waals surface area contributed by atoms with Crippen LogP contribution in [0.1, 0.15) is 36.1 Å². The zero-order valence-electron chi connectivity index (χ0n) is 14.2. The van der Waals surface area contributed by atoms with E-state index in [1.165, 1.54) is 5.56 Å². The highest BCUT2D eigenvalue weighted by Gasteiger charge is 2.42. The zero-order valence-corrected chi connectivity index (χ0v) is 15.8. The van der Waals surface area contributed by atoms with Crippen LogP contribution in [0.3, 0.4) is 0 Å². The van der Waals surface area contributed by atoms with E-state index in [-0.39, 0.29) is 17.9 Å². The molecule has 128 valence electrons. The number of halogens is 1. The van der Waals surface area contributed by atoms with Crippen molar-refractivity contribution in [3.05, 3.63) is 63.6 Å². The summed E-state index contributed by atoms with van der Waals surface area (Å²) in [5.74, 6) is 1.07. The van der Waals surface area contributed by atoms with Crippen LogP contribution in [0, 0.1) is 5.92 Å². The summed E-state index contributed by atoms with van der Waals surface area (Å²) >= 11 is 3.48. The van der Waals surface area contributed by atoms with Crippen LogP contribution in [0.5, 0.6) is 5.75 Å². The fourth-order valence-electron chi connectivity index (χ4n) is 3.89. The Bertz CT molecular complexity index is 860. The van der Waals surface area contributed by atoms with Gasteiger partial charge in [0.05, 0.1) is 18.9 Å². The normalized spacial score (nSPS) is 21.4. The van der Waals surface area contributed by atoms with E-state index in [9.17, 15) is 4.79 Å². The Morgan fingerprint density at radius 3 is 2.68 bits per heavy atom. The van der Waals surface area contributed by atoms with Gasteiger partial charge in [-0.05, 0) is 54.3 Å². The summed E-state index contributed by atoms with van der Waals surface area (Å²) in [6.45, 7) is 1.59. The summed E-state index contributed by atoms with van der Waals surface area (Å²) in [5, 5.41) is 6.39. The van der Waals surface area contributed by atoms with Gasteiger partial charge in [0.2, 0.25) is 5.91 Å². The van der Waals surface area contributed by atoms with Crippen molar-refractivity contribution in [1.29, 1.82) is 0 Å². The molecule has 5 heteroatoms. The summed E-state index contributed by atoms with van der Waals surface area (Å²) in [4.78, 5) is 12.2. The Balaban J connectivity index is 1.78. The molecule has 0 radical (unpaired) electrons. The number of amides is 1. The van der Waals surface area contributed by atoms with Crippen LogP contribution >= 0.6 is 15.9 Å². The number of fused-ring (bicyclic) bond motifs is 3. The van der Waals surface area contributed by atoms with Gasteiger partial charge in [0, 0.05) is 22.9 Å². The van der Waals surface area contributed by atoms with Gasteiger partial charge in [0.25, 0.3) is 0 Å². The minimum Gasteiger partial charge on any atom is -0.497 e. The fourth-order valence-corrected chi connectivity index (χ4v) is 4.15. The molecular formula is C20H19BrN2O2. The van der Waals surface area contributed by atoms with E-state index in [1.807, 2.05) is 18.2 Å². The van der Waals surface area contributed by atoms with Crippen LogP contribution in [-0.4, -0.2) is 23.7 Å². The fraction of sp³-hybridized carbons (Fsp3) is 0.300. The second-order valence-electron chi connectivity index (χ2n) is 6.51. The number of nitrogens with zero attached hydrogens (tertiary/aromatic N) is 2. The van der Waals surface area contributed by atoms with Gasteiger partial charge in [-0.15, -0.1) is 0 Å². The van der Waals surface area contributed by atoms with Gasteiger partial charge in [-0.25, -0.2) is 5.01 Å². The largest absolute Gasteiger partial charge is 0.497 e. The number of rotatable bonds is 2. The molecule has 0 saturated heterocycles. The van der Waals surface area contributed by atoms with Crippen LogP contribution in [-0.2, 0) is 11.2 Å². The van der Waals surface area contributed by atoms with Gasteiger partial charge in [0.1, 0.15) is 5.75 Å². The molecule has 0 N–H and O–H groups in total. The lowest BCUT2D eigenvalue weighted by atomic mass is 9.77. The van der Waals surface area contributed by atoms with E-state index in [0.29, 0.717) is 0 Å². The van der Waals surface area contributed by atoms with E-state index in [2.05, 4.69) is 40.2 Å². The first-order valence-corrected chi connectivity index (χ1v) is 9.19. The third-order valence-electron chi connectivity index (χ3n) is 5.06. The molecule has 2 aromatic carbocycles. The van der Waals surface area contributed by atoms with Crippen molar-refractivity contribution < 1.29 is 9.53 Å². The Kier molecular flexibility index (Phi) is 4.12. The predicted octanol–water partition coefficient (Wildman–Crippen LogP) is 4.33. The molecule has 2 aromatic rings. The SMILES string of the molecule is COc1ccc2c(c1)CC[C@@H]1C2=NN(C(C)=O)[C@H]1c1ccc(Br)cc1. The lowest BCUT2D eigenvalue weighted by Gasteiger charge is -2.29. The topological polar surface area (TPSA) is 41.9 Å². The van der Waals surface area contributed by atoms with Crippen LogP contribution in [0.15, 0.2) is 52.0 Å². The molecule has 0 spiro atoms. The van der Waals surface area contributed by atoms with Crippen molar-refractivity contribution in [2.45, 2.75) is 25.8 Å². The summed E-state index contributed by atoms with van der Waals surface area (Å²) in [7, 11) is 1.68. The molecule has 25 heavy (non-hydrogen) atoms. The number of carbonyl (C=O) groups is 1. The number of benzene rings is 2. The predicted molar refractivity (Wildman–Crippen MR) is 101 cm³/mol. The van der Waals surface area contributed by atoms with E-state index in [1.54, 1.807) is 19.0 Å². The van der Waals surface area contributed by atoms with Crippen LogP contribution in [0.4, 0.5) is 0 Å². The number of hydrogen-bond donors (Lipinski definition) is 0. The molecule has 0 bridgehead atoms. The lowest BCUT2D eigenvalue weighted by molar-refractivity contribution is -0.131. The molecule has 0 saturated carbocycles. The molecule has 2 atom stereocenters. The average Bonchev–Trinajstić information content (AvgIpc) is 3.02. The third kappa shape index (κ3) is 2.76. The van der Waals surface area contributed by atoms with Gasteiger partial charge in [0.15, 0.2) is 0 Å². The Morgan fingerprint density at radius 1 is 1.24 bits per heavy atom. The smallest absolute Gasteiger partial charge is 0.240 e. The van der Waals surface area contributed by atoms with Crippen LogP contribution in [0.25, 0.3) is 0 Å². The molecule has 0 aromatic heterocycles. The quantitative estimate of drug-likeness (QED) is 0.755. The van der Waals surface area contributed by atoms with Crippen molar-refractivity contribution in [2.75, 3.05) is 7.11 Å². The molecule has 1 aliphatic carbocycles. The number of carbonyl (C=O) groups excluding carboxylic acids is 1. The van der Waals surface area contributed by atoms with Gasteiger partial charge < -0.3 is 4.74 Å². The highest BCUT2D eigenvalue weighted by atomic mass is 79.9. The number of methoxy groups -OCH3 is 1. The lowest BCUT2D eigenvalue weighted by Crippen LogP contribution is -2.31. The second kappa shape index (κ2) is 6.30. The van der Waals surface area contributed by atoms with Gasteiger partial charge >= 0.3 is 0 Å². The molecule has 1 heterocycles. The third-order valence-corrected chi connectivity index (χ3v) is 5.59. The summed E-state index contributed by atoms with van der Waals surface area (Å²) < 4.78 is 6.38. The van der Waals surface area contributed by atoms with Gasteiger partial charge in [-0.2, -0.15) is 5.10 Å². The minimum atomic E-state index is -0.0316. The van der Waals surface area contributed by atoms with Crippen molar-refractivity contribution in [3.63, 3.8) is 0 Å². The van der Waals surface area contributed by atoms with Crippen molar-refractivity contribution in [1.82, 2.24) is 5.01 Å². The maximum Gasteiger partial charge on any atom is 0.240 e.